The molecule has 0 heterocycles. The van der Waals surface area contributed by atoms with Gasteiger partial charge in [-0.15, -0.1) is 0 Å². The van der Waals surface area contributed by atoms with E-state index >= 15 is 0 Å². The molecular formula is C62H42N2. The zero-order valence-electron chi connectivity index (χ0n) is 35.1. The molecule has 0 saturated heterocycles. The summed E-state index contributed by atoms with van der Waals surface area (Å²) < 4.78 is 0. The van der Waals surface area contributed by atoms with Crippen LogP contribution in [0.5, 0.6) is 0 Å². The minimum absolute atomic E-state index is 1.12. The van der Waals surface area contributed by atoms with Gasteiger partial charge in [-0.05, 0) is 138 Å². The summed E-state index contributed by atoms with van der Waals surface area (Å²) in [4.78, 5) is 4.75. The molecule has 64 heavy (non-hydrogen) atoms. The molecule has 300 valence electrons. The SMILES string of the molecule is c1ccc(N(c2ccccc2)c2ccc(-c3cc4cc(-c5ccc(N(c6ccccc6)c6ccccc6)c6ccccc56)c5ccccc5c4c4ccccc34)c3ccccc23)cc1. The summed E-state index contributed by atoms with van der Waals surface area (Å²) in [6, 6.07) is 92.6. The summed E-state index contributed by atoms with van der Waals surface area (Å²) in [6.07, 6.45) is 0. The predicted octanol–water partition coefficient (Wildman–Crippen LogP) is 17.7. The van der Waals surface area contributed by atoms with Crippen molar-refractivity contribution in [2.45, 2.75) is 0 Å². The van der Waals surface area contributed by atoms with E-state index in [0.717, 1.165) is 34.1 Å². The summed E-state index contributed by atoms with van der Waals surface area (Å²) in [7, 11) is 0. The van der Waals surface area contributed by atoms with Crippen LogP contribution in [0.2, 0.25) is 0 Å². The van der Waals surface area contributed by atoms with Crippen LogP contribution in [0.1, 0.15) is 0 Å². The van der Waals surface area contributed by atoms with Crippen molar-refractivity contribution in [3.8, 4) is 22.3 Å². The highest BCUT2D eigenvalue weighted by molar-refractivity contribution is 6.27. The second-order valence-electron chi connectivity index (χ2n) is 16.4. The van der Waals surface area contributed by atoms with E-state index < -0.39 is 0 Å². The van der Waals surface area contributed by atoms with Crippen molar-refractivity contribution in [3.05, 3.63) is 255 Å². The summed E-state index contributed by atoms with van der Waals surface area (Å²) in [5, 5.41) is 12.3. The van der Waals surface area contributed by atoms with Crippen molar-refractivity contribution in [1.82, 2.24) is 0 Å². The van der Waals surface area contributed by atoms with Crippen LogP contribution >= 0.6 is 0 Å². The molecule has 12 rings (SSSR count). The Morgan fingerprint density at radius 1 is 0.203 bits per heavy atom. The third-order valence-electron chi connectivity index (χ3n) is 12.8. The van der Waals surface area contributed by atoms with Crippen LogP contribution in [0, 0.1) is 0 Å². The fourth-order valence-corrected chi connectivity index (χ4v) is 10.0. The Bertz CT molecular complexity index is 3340. The molecule has 2 nitrogen and oxygen atoms in total. The molecule has 0 radical (unpaired) electrons. The standard InChI is InChI=1S/C62H42N2/c1-5-21-44(22-6-1)63(45-23-7-2-8-24-45)60-39-37-52(48-29-13-17-33-54(48)60)58-41-43-42-59(51-32-16-20-36-57(51)62(43)56-35-19-15-31-50(56)58)53-38-40-61(55-34-18-14-30-49(53)55)64(46-25-9-3-10-26-46)47-27-11-4-12-28-47/h1-42H. The maximum absolute atomic E-state index is 2.45. The normalized spacial score (nSPS) is 11.4. The van der Waals surface area contributed by atoms with E-state index in [4.69, 9.17) is 0 Å². The van der Waals surface area contributed by atoms with Gasteiger partial charge in [0, 0.05) is 33.5 Å². The summed E-state index contributed by atoms with van der Waals surface area (Å²) >= 11 is 0. The maximum atomic E-state index is 2.45. The number of para-hydroxylation sites is 4. The largest absolute Gasteiger partial charge is 0.310 e. The van der Waals surface area contributed by atoms with E-state index in [-0.39, 0.29) is 0 Å². The molecule has 0 bridgehead atoms. The first-order chi connectivity index (χ1) is 31.8. The third-order valence-corrected chi connectivity index (χ3v) is 12.8. The van der Waals surface area contributed by atoms with Crippen LogP contribution in [0.4, 0.5) is 34.1 Å². The third kappa shape index (κ3) is 6.27. The van der Waals surface area contributed by atoms with Crippen molar-refractivity contribution >= 4 is 88.0 Å². The van der Waals surface area contributed by atoms with Gasteiger partial charge in [-0.3, -0.25) is 0 Å². The van der Waals surface area contributed by atoms with E-state index in [1.807, 2.05) is 0 Å². The van der Waals surface area contributed by atoms with E-state index in [0.29, 0.717) is 0 Å². The predicted molar refractivity (Wildman–Crippen MR) is 274 cm³/mol. The molecule has 0 unspecified atom stereocenters. The van der Waals surface area contributed by atoms with Crippen LogP contribution in [-0.2, 0) is 0 Å². The number of anilines is 6. The molecule has 0 fully saturated rings. The van der Waals surface area contributed by atoms with Gasteiger partial charge in [-0.25, -0.2) is 0 Å². The van der Waals surface area contributed by atoms with Gasteiger partial charge in [0.1, 0.15) is 0 Å². The van der Waals surface area contributed by atoms with Gasteiger partial charge in [-0.2, -0.15) is 0 Å². The second-order valence-corrected chi connectivity index (χ2v) is 16.4. The van der Waals surface area contributed by atoms with Crippen LogP contribution in [-0.4, -0.2) is 0 Å². The molecule has 0 saturated carbocycles. The number of nitrogens with zero attached hydrogens (tertiary/aromatic N) is 2. The Morgan fingerprint density at radius 3 is 0.797 bits per heavy atom. The first-order valence-corrected chi connectivity index (χ1v) is 22.0. The molecule has 12 aromatic carbocycles. The fraction of sp³-hybridized carbons (Fsp3) is 0. The van der Waals surface area contributed by atoms with Gasteiger partial charge >= 0.3 is 0 Å². The molecule has 0 spiro atoms. The monoisotopic (exact) mass is 814 g/mol. The van der Waals surface area contributed by atoms with E-state index in [9.17, 15) is 0 Å². The highest BCUT2D eigenvalue weighted by atomic mass is 15.1. The van der Waals surface area contributed by atoms with Gasteiger partial charge in [0.2, 0.25) is 0 Å². The van der Waals surface area contributed by atoms with E-state index in [1.54, 1.807) is 0 Å². The Hall–Kier alpha value is -8.46. The average Bonchev–Trinajstić information content (AvgIpc) is 3.37. The maximum Gasteiger partial charge on any atom is 0.0540 e. The van der Waals surface area contributed by atoms with Crippen LogP contribution < -0.4 is 9.80 Å². The first kappa shape index (κ1) is 37.3. The fourth-order valence-electron chi connectivity index (χ4n) is 10.0. The summed E-state index contributed by atoms with van der Waals surface area (Å²) in [6.45, 7) is 0. The van der Waals surface area contributed by atoms with Gasteiger partial charge < -0.3 is 9.80 Å². The average molecular weight is 815 g/mol. The summed E-state index contributed by atoms with van der Waals surface area (Å²) in [5.41, 5.74) is 11.6. The Balaban J connectivity index is 1.09. The number of rotatable bonds is 8. The molecule has 0 aromatic heterocycles. The minimum Gasteiger partial charge on any atom is -0.310 e. The van der Waals surface area contributed by atoms with Gasteiger partial charge in [0.05, 0.1) is 11.4 Å². The van der Waals surface area contributed by atoms with Gasteiger partial charge in [0.15, 0.2) is 0 Å². The molecule has 0 N–H and O–H groups in total. The second kappa shape index (κ2) is 15.8. The lowest BCUT2D eigenvalue weighted by molar-refractivity contribution is 1.30. The lowest BCUT2D eigenvalue weighted by atomic mass is 9.85. The quantitative estimate of drug-likeness (QED) is 0.141. The van der Waals surface area contributed by atoms with Crippen molar-refractivity contribution < 1.29 is 0 Å². The minimum atomic E-state index is 1.12. The van der Waals surface area contributed by atoms with Crippen molar-refractivity contribution in [2.75, 3.05) is 9.80 Å². The van der Waals surface area contributed by atoms with Crippen LogP contribution in [0.3, 0.4) is 0 Å². The molecule has 12 aromatic rings. The van der Waals surface area contributed by atoms with E-state index in [2.05, 4.69) is 265 Å². The number of benzene rings is 12. The van der Waals surface area contributed by atoms with Gasteiger partial charge in [-0.1, -0.05) is 182 Å². The smallest absolute Gasteiger partial charge is 0.0540 e. The molecule has 0 amide bonds. The van der Waals surface area contributed by atoms with Crippen LogP contribution in [0.25, 0.3) is 76.1 Å². The molecular weight excluding hydrogens is 773 g/mol. The Morgan fingerprint density at radius 2 is 0.469 bits per heavy atom. The van der Waals surface area contributed by atoms with Crippen LogP contribution in [0.15, 0.2) is 255 Å². The highest BCUT2D eigenvalue weighted by Gasteiger charge is 2.22. The molecule has 0 atom stereocenters. The van der Waals surface area contributed by atoms with Gasteiger partial charge in [0.25, 0.3) is 0 Å². The Kier molecular flexibility index (Phi) is 9.20. The zero-order valence-corrected chi connectivity index (χ0v) is 35.1. The molecule has 0 aliphatic heterocycles. The Labute approximate surface area is 373 Å². The molecule has 2 heteroatoms. The number of hydrogen-bond donors (Lipinski definition) is 0. The molecule has 0 aliphatic rings. The lowest BCUT2D eigenvalue weighted by Crippen LogP contribution is -2.10. The lowest BCUT2D eigenvalue weighted by Gasteiger charge is -2.28. The highest BCUT2D eigenvalue weighted by Crippen LogP contribution is 2.48. The van der Waals surface area contributed by atoms with Crippen molar-refractivity contribution in [2.24, 2.45) is 0 Å². The molecule has 0 aliphatic carbocycles. The number of fused-ring (bicyclic) bond motifs is 7. The van der Waals surface area contributed by atoms with E-state index in [1.165, 1.54) is 76.1 Å². The topological polar surface area (TPSA) is 6.48 Å². The zero-order chi connectivity index (χ0) is 42.4. The van der Waals surface area contributed by atoms with Crippen molar-refractivity contribution in [1.29, 1.82) is 0 Å². The number of hydrogen-bond acceptors (Lipinski definition) is 2. The van der Waals surface area contributed by atoms with Crippen molar-refractivity contribution in [3.63, 3.8) is 0 Å². The first-order valence-electron chi connectivity index (χ1n) is 22.0. The summed E-state index contributed by atoms with van der Waals surface area (Å²) in [5.74, 6) is 0.